The Morgan fingerprint density at radius 2 is 1.81 bits per heavy atom. The largest absolute Gasteiger partial charge is 0.379 e. The number of carbonyl (C=O) groups is 1. The van der Waals surface area contributed by atoms with Crippen LogP contribution in [0.4, 0.5) is 0 Å². The molecule has 0 unspecified atom stereocenters. The van der Waals surface area contributed by atoms with E-state index in [4.69, 9.17) is 10.5 Å². The highest BCUT2D eigenvalue weighted by atomic mass is 16.5. The molecule has 0 saturated carbocycles. The van der Waals surface area contributed by atoms with Gasteiger partial charge in [0.1, 0.15) is 0 Å². The Bertz CT molecular complexity index is 1430. The smallest absolute Gasteiger partial charge is 0.250 e. The lowest BCUT2D eigenvalue weighted by atomic mass is 9.89. The molecule has 3 heterocycles. The number of fused-ring (bicyclic) bond motifs is 3. The van der Waals surface area contributed by atoms with Gasteiger partial charge in [-0.1, -0.05) is 30.3 Å². The number of nitrogens with two attached hydrogens (primary N) is 1. The molecule has 0 aliphatic carbocycles. The number of hydrogen-bond donors (Lipinski definition) is 3. The van der Waals surface area contributed by atoms with Crippen molar-refractivity contribution in [2.24, 2.45) is 5.73 Å². The molecule has 6 heteroatoms. The predicted octanol–water partition coefficient (Wildman–Crippen LogP) is 4.69. The Morgan fingerprint density at radius 1 is 1.00 bits per heavy atom. The minimum atomic E-state index is -0.410. The number of hydrogen-bond acceptors (Lipinski definition) is 4. The third-order valence-corrected chi connectivity index (χ3v) is 7.98. The van der Waals surface area contributed by atoms with Crippen molar-refractivity contribution in [2.45, 2.75) is 32.2 Å². The molecule has 186 valence electrons. The van der Waals surface area contributed by atoms with Gasteiger partial charge in [-0.25, -0.2) is 0 Å². The number of carbonyl (C=O) groups excluding carboxylic acids is 1. The van der Waals surface area contributed by atoms with E-state index < -0.39 is 5.91 Å². The normalized spacial score (nSPS) is 17.7. The number of rotatable bonds is 5. The van der Waals surface area contributed by atoms with Crippen LogP contribution >= 0.6 is 0 Å². The quantitative estimate of drug-likeness (QED) is 0.385. The van der Waals surface area contributed by atoms with Gasteiger partial charge in [0, 0.05) is 35.9 Å². The number of ether oxygens (including phenoxy) is 1. The van der Waals surface area contributed by atoms with Crippen LogP contribution in [0.15, 0.2) is 48.5 Å². The van der Waals surface area contributed by atoms with Crippen LogP contribution in [0.2, 0.25) is 0 Å². The van der Waals surface area contributed by atoms with Crippen LogP contribution in [0.25, 0.3) is 32.9 Å². The van der Waals surface area contributed by atoms with E-state index in [-0.39, 0.29) is 0 Å². The summed E-state index contributed by atoms with van der Waals surface area (Å²) in [5, 5.41) is 5.62. The number of morpholine rings is 1. The van der Waals surface area contributed by atoms with Crippen molar-refractivity contribution < 1.29 is 9.53 Å². The summed E-state index contributed by atoms with van der Waals surface area (Å²) in [7, 11) is 0. The molecule has 1 amide bonds. The average Bonchev–Trinajstić information content (AvgIpc) is 3.28. The number of primary amides is 1. The van der Waals surface area contributed by atoms with Crippen LogP contribution in [0.1, 0.15) is 45.8 Å². The molecule has 4 aromatic rings. The zero-order valence-corrected chi connectivity index (χ0v) is 20.9. The van der Waals surface area contributed by atoms with Crippen molar-refractivity contribution in [3.8, 4) is 11.1 Å². The molecule has 2 aliphatic rings. The molecule has 6 rings (SSSR count). The maximum atomic E-state index is 12.5. The second-order valence-electron chi connectivity index (χ2n) is 10.3. The van der Waals surface area contributed by atoms with Crippen LogP contribution in [-0.2, 0) is 11.3 Å². The van der Waals surface area contributed by atoms with Gasteiger partial charge in [-0.3, -0.25) is 9.69 Å². The molecule has 3 aromatic carbocycles. The van der Waals surface area contributed by atoms with E-state index in [1.54, 1.807) is 0 Å². The van der Waals surface area contributed by atoms with E-state index in [0.29, 0.717) is 11.5 Å². The van der Waals surface area contributed by atoms with Gasteiger partial charge in [-0.2, -0.15) is 0 Å². The summed E-state index contributed by atoms with van der Waals surface area (Å²) in [6, 6.07) is 17.5. The minimum absolute atomic E-state index is 0.410. The molecule has 0 spiro atoms. The zero-order valence-electron chi connectivity index (χ0n) is 20.9. The van der Waals surface area contributed by atoms with Crippen molar-refractivity contribution in [3.63, 3.8) is 0 Å². The van der Waals surface area contributed by atoms with Gasteiger partial charge in [-0.15, -0.1) is 0 Å². The summed E-state index contributed by atoms with van der Waals surface area (Å²) in [6.45, 7) is 8.78. The van der Waals surface area contributed by atoms with Crippen LogP contribution in [-0.4, -0.2) is 55.2 Å². The van der Waals surface area contributed by atoms with Crippen molar-refractivity contribution in [1.82, 2.24) is 15.2 Å². The lowest BCUT2D eigenvalue weighted by molar-refractivity contribution is 0.0341. The van der Waals surface area contributed by atoms with Crippen molar-refractivity contribution >= 4 is 27.7 Å². The number of aromatic amines is 1. The predicted molar refractivity (Wildman–Crippen MR) is 145 cm³/mol. The summed E-state index contributed by atoms with van der Waals surface area (Å²) in [4.78, 5) is 18.5. The lowest BCUT2D eigenvalue weighted by Gasteiger charge is -2.27. The third-order valence-electron chi connectivity index (χ3n) is 7.98. The lowest BCUT2D eigenvalue weighted by Crippen LogP contribution is -2.35. The maximum Gasteiger partial charge on any atom is 0.250 e. The molecule has 2 fully saturated rings. The number of aryl methyl sites for hydroxylation is 1. The first kappa shape index (κ1) is 23.2. The molecule has 1 aromatic heterocycles. The van der Waals surface area contributed by atoms with Gasteiger partial charge in [-0.05, 0) is 84.8 Å². The average molecular weight is 483 g/mol. The summed E-state index contributed by atoms with van der Waals surface area (Å²) in [5.41, 5.74) is 14.4. The van der Waals surface area contributed by atoms with Crippen LogP contribution in [0.3, 0.4) is 0 Å². The topological polar surface area (TPSA) is 83.4 Å². The summed E-state index contributed by atoms with van der Waals surface area (Å²) in [5.74, 6) is 0.167. The summed E-state index contributed by atoms with van der Waals surface area (Å²) < 4.78 is 5.49. The zero-order chi connectivity index (χ0) is 24.6. The molecule has 2 saturated heterocycles. The number of piperidine rings is 1. The third kappa shape index (κ3) is 4.41. The van der Waals surface area contributed by atoms with Gasteiger partial charge in [0.05, 0.1) is 24.3 Å². The van der Waals surface area contributed by atoms with E-state index in [9.17, 15) is 4.79 Å². The molecule has 6 nitrogen and oxygen atoms in total. The molecule has 36 heavy (non-hydrogen) atoms. The number of benzene rings is 3. The van der Waals surface area contributed by atoms with Crippen LogP contribution in [0, 0.1) is 6.92 Å². The highest BCUT2D eigenvalue weighted by Crippen LogP contribution is 2.35. The van der Waals surface area contributed by atoms with Crippen molar-refractivity contribution in [1.29, 1.82) is 0 Å². The Labute approximate surface area is 211 Å². The Balaban J connectivity index is 1.39. The highest BCUT2D eigenvalue weighted by Gasteiger charge is 2.19. The molecule has 0 atom stereocenters. The SMILES string of the molecule is Cc1cc(-c2cc(C(N)=O)c3[nH]c4cc(C5CCNCC5)ccc4c3c2)ccc1CN1CCOCC1. The number of aromatic nitrogens is 1. The van der Waals surface area contributed by atoms with E-state index in [0.717, 1.165) is 91.7 Å². The van der Waals surface area contributed by atoms with E-state index >= 15 is 0 Å². The molecular weight excluding hydrogens is 448 g/mol. The van der Waals surface area contributed by atoms with Crippen molar-refractivity contribution in [3.05, 3.63) is 70.8 Å². The Morgan fingerprint density at radius 3 is 2.56 bits per heavy atom. The fraction of sp³-hybridized carbons (Fsp3) is 0.367. The number of H-pyrrole nitrogens is 1. The highest BCUT2D eigenvalue weighted by molar-refractivity contribution is 6.16. The Kier molecular flexibility index (Phi) is 6.25. The molecular formula is C30H34N4O2. The molecule has 2 aliphatic heterocycles. The molecule has 0 radical (unpaired) electrons. The first-order valence-electron chi connectivity index (χ1n) is 13.1. The van der Waals surface area contributed by atoms with Crippen LogP contribution in [0.5, 0.6) is 0 Å². The number of amides is 1. The molecule has 4 N–H and O–H groups in total. The first-order valence-corrected chi connectivity index (χ1v) is 13.1. The minimum Gasteiger partial charge on any atom is -0.379 e. The standard InChI is InChI=1S/C30H34N4O2/c1-19-14-21(2-3-23(19)18-34-10-12-36-13-11-34)24-15-26-25-5-4-22(20-6-8-32-9-7-20)17-28(25)33-29(26)27(16-24)30(31)35/h2-5,14-17,20,32-33H,6-13,18H2,1H3,(H2,31,35). The van der Waals surface area contributed by atoms with Gasteiger partial charge in [0.25, 0.3) is 5.91 Å². The van der Waals surface area contributed by atoms with Crippen molar-refractivity contribution in [2.75, 3.05) is 39.4 Å². The van der Waals surface area contributed by atoms with Crippen LogP contribution < -0.4 is 11.1 Å². The number of nitrogens with one attached hydrogen (secondary N) is 2. The second kappa shape index (κ2) is 9.69. The van der Waals surface area contributed by atoms with E-state index in [2.05, 4.69) is 64.6 Å². The monoisotopic (exact) mass is 482 g/mol. The Hall–Kier alpha value is -3.19. The van der Waals surface area contributed by atoms with E-state index in [1.165, 1.54) is 16.7 Å². The van der Waals surface area contributed by atoms with Gasteiger partial charge in [0.2, 0.25) is 0 Å². The second-order valence-corrected chi connectivity index (χ2v) is 10.3. The van der Waals surface area contributed by atoms with E-state index in [1.807, 2.05) is 6.07 Å². The number of nitrogens with zero attached hydrogens (tertiary/aromatic N) is 1. The summed E-state index contributed by atoms with van der Waals surface area (Å²) in [6.07, 6.45) is 2.31. The molecule has 0 bridgehead atoms. The van der Waals surface area contributed by atoms with Gasteiger partial charge < -0.3 is 20.8 Å². The summed E-state index contributed by atoms with van der Waals surface area (Å²) >= 11 is 0. The fourth-order valence-corrected chi connectivity index (χ4v) is 5.85. The first-order chi connectivity index (χ1) is 17.6. The fourth-order valence-electron chi connectivity index (χ4n) is 5.85. The van der Waals surface area contributed by atoms with Gasteiger partial charge in [0.15, 0.2) is 0 Å². The van der Waals surface area contributed by atoms with Gasteiger partial charge >= 0.3 is 0 Å². The maximum absolute atomic E-state index is 12.5.